The molecule has 1 atom stereocenters. The lowest BCUT2D eigenvalue weighted by atomic mass is 9.94. The number of hydrogen-bond donors (Lipinski definition) is 2. The van der Waals surface area contributed by atoms with Gasteiger partial charge in [0, 0.05) is 18.8 Å². The summed E-state index contributed by atoms with van der Waals surface area (Å²) < 4.78 is 2.79. The first-order valence-electron chi connectivity index (χ1n) is 4.72. The van der Waals surface area contributed by atoms with Crippen molar-refractivity contribution in [2.75, 3.05) is 0 Å². The Kier molecular flexibility index (Phi) is 2.39. The molecule has 0 bridgehead atoms. The fourth-order valence-electron chi connectivity index (χ4n) is 2.19. The van der Waals surface area contributed by atoms with Gasteiger partial charge in [-0.3, -0.25) is 4.79 Å². The number of carbonyl (C=O) groups is 1. The molecule has 0 amide bonds. The zero-order valence-corrected chi connectivity index (χ0v) is 9.91. The van der Waals surface area contributed by atoms with Crippen LogP contribution in [0.5, 0.6) is 0 Å². The van der Waals surface area contributed by atoms with Gasteiger partial charge in [0.05, 0.1) is 11.0 Å². The molecule has 15 heavy (non-hydrogen) atoms. The van der Waals surface area contributed by atoms with Crippen molar-refractivity contribution in [2.24, 2.45) is 7.05 Å². The van der Waals surface area contributed by atoms with E-state index < -0.39 is 11.6 Å². The van der Waals surface area contributed by atoms with Crippen molar-refractivity contribution < 1.29 is 15.0 Å². The Labute approximate surface area is 95.7 Å². The number of aliphatic hydroxyl groups is 1. The number of hydrogen-bond acceptors (Lipinski definition) is 2. The van der Waals surface area contributed by atoms with Crippen LogP contribution in [-0.2, 0) is 23.9 Å². The molecule has 1 aromatic rings. The monoisotopic (exact) mass is 273 g/mol. The summed E-state index contributed by atoms with van der Waals surface area (Å²) in [5.74, 6) is -0.967. The van der Waals surface area contributed by atoms with Gasteiger partial charge in [-0.1, -0.05) is 0 Å². The Morgan fingerprint density at radius 2 is 2.40 bits per heavy atom. The Hall–Kier alpha value is -0.810. The Morgan fingerprint density at radius 1 is 1.73 bits per heavy atom. The van der Waals surface area contributed by atoms with Crippen molar-refractivity contribution >= 4 is 21.9 Å². The molecule has 1 aromatic heterocycles. The number of aliphatic carboxylic acids is 1. The van der Waals surface area contributed by atoms with E-state index in [-0.39, 0.29) is 6.42 Å². The summed E-state index contributed by atoms with van der Waals surface area (Å²) in [4.78, 5) is 10.7. The summed E-state index contributed by atoms with van der Waals surface area (Å²) in [5, 5.41) is 19.0. The molecular formula is C10H12BrNO3. The first kappa shape index (κ1) is 10.7. The highest BCUT2D eigenvalue weighted by Gasteiger charge is 2.41. The van der Waals surface area contributed by atoms with E-state index in [1.165, 1.54) is 0 Å². The van der Waals surface area contributed by atoms with Crippen LogP contribution in [-0.4, -0.2) is 20.7 Å². The molecule has 4 nitrogen and oxygen atoms in total. The van der Waals surface area contributed by atoms with Gasteiger partial charge in [0.15, 0.2) is 0 Å². The highest BCUT2D eigenvalue weighted by Crippen LogP contribution is 2.43. The summed E-state index contributed by atoms with van der Waals surface area (Å²) in [7, 11) is 1.86. The highest BCUT2D eigenvalue weighted by atomic mass is 79.9. The van der Waals surface area contributed by atoms with Crippen LogP contribution in [0.2, 0.25) is 0 Å². The molecule has 0 spiro atoms. The molecule has 82 valence electrons. The summed E-state index contributed by atoms with van der Waals surface area (Å²) >= 11 is 3.42. The summed E-state index contributed by atoms with van der Waals surface area (Å²) in [6.07, 6.45) is 2.79. The van der Waals surface area contributed by atoms with Crippen molar-refractivity contribution in [3.05, 3.63) is 21.9 Å². The van der Waals surface area contributed by atoms with E-state index in [4.69, 9.17) is 5.11 Å². The van der Waals surface area contributed by atoms with E-state index in [0.29, 0.717) is 6.42 Å². The van der Waals surface area contributed by atoms with Gasteiger partial charge >= 0.3 is 5.97 Å². The maximum atomic E-state index is 10.7. The van der Waals surface area contributed by atoms with Crippen LogP contribution in [0.3, 0.4) is 0 Å². The first-order chi connectivity index (χ1) is 6.94. The molecule has 2 rings (SSSR count). The number of carboxylic acids is 1. The van der Waals surface area contributed by atoms with E-state index in [1.54, 1.807) is 6.20 Å². The van der Waals surface area contributed by atoms with E-state index in [1.807, 2.05) is 11.6 Å². The second-order valence-corrected chi connectivity index (χ2v) is 4.78. The molecule has 1 aliphatic carbocycles. The third-order valence-corrected chi connectivity index (χ3v) is 3.98. The maximum Gasteiger partial charge on any atom is 0.306 e. The molecule has 0 aromatic carbocycles. The van der Waals surface area contributed by atoms with E-state index in [9.17, 15) is 9.90 Å². The molecule has 0 aliphatic heterocycles. The standard InChI is InChI=1S/C10H12BrNO3/c1-12-5-7-6(9(12)11)2-3-10(7,15)4-8(13)14/h5,15H,2-4H2,1H3,(H,13,14). The normalized spacial score (nSPS) is 24.2. The lowest BCUT2D eigenvalue weighted by Gasteiger charge is -2.20. The maximum absolute atomic E-state index is 10.7. The van der Waals surface area contributed by atoms with Crippen LogP contribution in [0.4, 0.5) is 0 Å². The second kappa shape index (κ2) is 3.35. The zero-order valence-electron chi connectivity index (χ0n) is 8.33. The molecular weight excluding hydrogens is 262 g/mol. The van der Waals surface area contributed by atoms with Crippen LogP contribution >= 0.6 is 15.9 Å². The fourth-order valence-corrected chi connectivity index (χ4v) is 2.71. The number of fused-ring (bicyclic) bond motifs is 1. The van der Waals surface area contributed by atoms with Gasteiger partial charge in [-0.15, -0.1) is 0 Å². The predicted molar refractivity (Wildman–Crippen MR) is 57.6 cm³/mol. The molecule has 0 fully saturated rings. The van der Waals surface area contributed by atoms with Gasteiger partial charge in [0.2, 0.25) is 0 Å². The smallest absolute Gasteiger partial charge is 0.306 e. The van der Waals surface area contributed by atoms with Gasteiger partial charge in [0.1, 0.15) is 5.60 Å². The predicted octanol–water partition coefficient (Wildman–Crippen LogP) is 1.40. The molecule has 5 heteroatoms. The van der Waals surface area contributed by atoms with Gasteiger partial charge in [-0.05, 0) is 34.3 Å². The summed E-state index contributed by atoms with van der Waals surface area (Å²) in [6, 6.07) is 0. The van der Waals surface area contributed by atoms with Crippen molar-refractivity contribution in [2.45, 2.75) is 24.9 Å². The number of aryl methyl sites for hydroxylation is 1. The quantitative estimate of drug-likeness (QED) is 0.856. The average Bonchev–Trinajstić information content (AvgIpc) is 2.55. The molecule has 2 N–H and O–H groups in total. The minimum Gasteiger partial charge on any atom is -0.481 e. The third-order valence-electron chi connectivity index (χ3n) is 2.94. The van der Waals surface area contributed by atoms with Crippen LogP contribution < -0.4 is 0 Å². The molecule has 1 heterocycles. The van der Waals surface area contributed by atoms with Gasteiger partial charge in [0.25, 0.3) is 0 Å². The van der Waals surface area contributed by atoms with Crippen molar-refractivity contribution in [1.29, 1.82) is 0 Å². The number of carboxylic acid groups (broad SMARTS) is 1. The van der Waals surface area contributed by atoms with Crippen LogP contribution in [0, 0.1) is 0 Å². The Morgan fingerprint density at radius 3 is 3.00 bits per heavy atom. The highest BCUT2D eigenvalue weighted by molar-refractivity contribution is 9.10. The average molecular weight is 274 g/mol. The van der Waals surface area contributed by atoms with Crippen molar-refractivity contribution in [1.82, 2.24) is 4.57 Å². The lowest BCUT2D eigenvalue weighted by Crippen LogP contribution is -2.25. The van der Waals surface area contributed by atoms with E-state index >= 15 is 0 Å². The topological polar surface area (TPSA) is 62.5 Å². The number of rotatable bonds is 2. The van der Waals surface area contributed by atoms with Crippen molar-refractivity contribution in [3.8, 4) is 0 Å². The number of aromatic nitrogens is 1. The minimum atomic E-state index is -1.19. The van der Waals surface area contributed by atoms with Crippen LogP contribution in [0.1, 0.15) is 24.0 Å². The van der Waals surface area contributed by atoms with E-state index in [2.05, 4.69) is 15.9 Å². The molecule has 0 saturated carbocycles. The first-order valence-corrected chi connectivity index (χ1v) is 5.52. The summed E-state index contributed by atoms with van der Waals surface area (Å²) in [5.41, 5.74) is 0.589. The molecule has 1 unspecified atom stereocenters. The van der Waals surface area contributed by atoms with Gasteiger partial charge in [-0.2, -0.15) is 0 Å². The zero-order chi connectivity index (χ0) is 11.2. The fraction of sp³-hybridized carbons (Fsp3) is 0.500. The Balaban J connectivity index is 2.43. The van der Waals surface area contributed by atoms with Gasteiger partial charge in [-0.25, -0.2) is 0 Å². The molecule has 1 aliphatic rings. The van der Waals surface area contributed by atoms with Crippen molar-refractivity contribution in [3.63, 3.8) is 0 Å². The second-order valence-electron chi connectivity index (χ2n) is 4.03. The SMILES string of the molecule is Cn1cc2c(c1Br)CCC2(O)CC(=O)O. The minimum absolute atomic E-state index is 0.226. The number of nitrogens with zero attached hydrogens (tertiary/aromatic N) is 1. The van der Waals surface area contributed by atoms with E-state index in [0.717, 1.165) is 22.2 Å². The molecule has 0 saturated heterocycles. The largest absolute Gasteiger partial charge is 0.481 e. The van der Waals surface area contributed by atoms with Gasteiger partial charge < -0.3 is 14.8 Å². The summed E-state index contributed by atoms with van der Waals surface area (Å²) in [6.45, 7) is 0. The molecule has 0 radical (unpaired) electrons. The number of halogens is 1. The lowest BCUT2D eigenvalue weighted by molar-refractivity contribution is -0.142. The van der Waals surface area contributed by atoms with Crippen LogP contribution in [0.15, 0.2) is 10.8 Å². The third kappa shape index (κ3) is 1.59. The van der Waals surface area contributed by atoms with Crippen LogP contribution in [0.25, 0.3) is 0 Å². The Bertz CT molecular complexity index is 427.